The van der Waals surface area contributed by atoms with Crippen LogP contribution in [0.4, 0.5) is 0 Å². The third-order valence-corrected chi connectivity index (χ3v) is 2.98. The van der Waals surface area contributed by atoms with E-state index in [0.717, 1.165) is 12.0 Å². The Morgan fingerprint density at radius 2 is 2.00 bits per heavy atom. The van der Waals surface area contributed by atoms with Crippen LogP contribution in [0, 0.1) is 5.92 Å². The van der Waals surface area contributed by atoms with Crippen molar-refractivity contribution in [2.75, 3.05) is 13.7 Å². The smallest absolute Gasteiger partial charge is 0.222 e. The van der Waals surface area contributed by atoms with Gasteiger partial charge in [-0.25, -0.2) is 0 Å². The molecule has 2 atom stereocenters. The molecule has 1 rings (SSSR count). The largest absolute Gasteiger partial charge is 0.375 e. The van der Waals surface area contributed by atoms with Gasteiger partial charge in [-0.1, -0.05) is 44.2 Å². The van der Waals surface area contributed by atoms with E-state index in [4.69, 9.17) is 4.74 Å². The van der Waals surface area contributed by atoms with Crippen molar-refractivity contribution in [1.82, 2.24) is 5.32 Å². The zero-order valence-electron chi connectivity index (χ0n) is 10.8. The molecule has 1 amide bonds. The normalized spacial score (nSPS) is 14.1. The average Bonchev–Trinajstić information content (AvgIpc) is 2.39. The van der Waals surface area contributed by atoms with Crippen LogP contribution >= 0.6 is 0 Å². The molecule has 3 nitrogen and oxygen atoms in total. The highest BCUT2D eigenvalue weighted by molar-refractivity contribution is 5.78. The maximum absolute atomic E-state index is 11.7. The van der Waals surface area contributed by atoms with E-state index in [1.165, 1.54) is 0 Å². The Morgan fingerprint density at radius 3 is 2.53 bits per heavy atom. The fraction of sp³-hybridized carbons (Fsp3) is 0.500. The molecule has 0 aliphatic carbocycles. The Balaban J connectivity index is 2.51. The summed E-state index contributed by atoms with van der Waals surface area (Å²) in [6, 6.07) is 9.91. The summed E-state index contributed by atoms with van der Waals surface area (Å²) in [5.74, 6) is 0.147. The fourth-order valence-electron chi connectivity index (χ4n) is 1.56. The van der Waals surface area contributed by atoms with Crippen LogP contribution in [0.2, 0.25) is 0 Å². The summed E-state index contributed by atoms with van der Waals surface area (Å²) in [5, 5.41) is 2.92. The van der Waals surface area contributed by atoms with Crippen LogP contribution in [0.1, 0.15) is 31.9 Å². The van der Waals surface area contributed by atoms with Crippen molar-refractivity contribution in [2.24, 2.45) is 5.92 Å². The van der Waals surface area contributed by atoms with Crippen molar-refractivity contribution < 1.29 is 9.53 Å². The van der Waals surface area contributed by atoms with Crippen molar-refractivity contribution in [2.45, 2.75) is 26.4 Å². The number of hydrogen-bond acceptors (Lipinski definition) is 2. The lowest BCUT2D eigenvalue weighted by Gasteiger charge is -2.18. The number of hydrogen-bond donors (Lipinski definition) is 1. The van der Waals surface area contributed by atoms with E-state index in [2.05, 4.69) is 5.32 Å². The summed E-state index contributed by atoms with van der Waals surface area (Å²) < 4.78 is 5.39. The number of benzene rings is 1. The van der Waals surface area contributed by atoms with E-state index in [9.17, 15) is 4.79 Å². The quantitative estimate of drug-likeness (QED) is 0.823. The Labute approximate surface area is 103 Å². The van der Waals surface area contributed by atoms with Crippen molar-refractivity contribution in [3.05, 3.63) is 35.9 Å². The lowest BCUT2D eigenvalue weighted by atomic mass is 10.1. The van der Waals surface area contributed by atoms with Gasteiger partial charge in [0, 0.05) is 19.6 Å². The summed E-state index contributed by atoms with van der Waals surface area (Å²) >= 11 is 0. The SMILES string of the molecule is CCC(C)C(=O)NCC(OC)c1ccccc1. The van der Waals surface area contributed by atoms with Gasteiger partial charge in [0.1, 0.15) is 0 Å². The Kier molecular flexibility index (Phi) is 5.70. The monoisotopic (exact) mass is 235 g/mol. The molecule has 0 radical (unpaired) electrons. The minimum absolute atomic E-state index is 0.0586. The predicted octanol–water partition coefficient (Wildman–Crippen LogP) is 2.54. The van der Waals surface area contributed by atoms with Crippen LogP contribution in [0.5, 0.6) is 0 Å². The maximum Gasteiger partial charge on any atom is 0.222 e. The Bertz CT molecular complexity index is 337. The van der Waals surface area contributed by atoms with E-state index in [0.29, 0.717) is 6.54 Å². The molecule has 94 valence electrons. The molecule has 3 heteroatoms. The summed E-state index contributed by atoms with van der Waals surface area (Å²) in [4.78, 5) is 11.7. The van der Waals surface area contributed by atoms with Crippen LogP contribution < -0.4 is 5.32 Å². The Hall–Kier alpha value is -1.35. The molecule has 17 heavy (non-hydrogen) atoms. The van der Waals surface area contributed by atoms with Crippen LogP contribution in [0.25, 0.3) is 0 Å². The van der Waals surface area contributed by atoms with Crippen molar-refractivity contribution in [3.8, 4) is 0 Å². The number of ether oxygens (including phenoxy) is 1. The Morgan fingerprint density at radius 1 is 1.35 bits per heavy atom. The molecule has 1 aromatic rings. The lowest BCUT2D eigenvalue weighted by molar-refractivity contribution is -0.125. The number of rotatable bonds is 6. The maximum atomic E-state index is 11.7. The van der Waals surface area contributed by atoms with Gasteiger partial charge in [-0.15, -0.1) is 0 Å². The zero-order chi connectivity index (χ0) is 12.7. The molecule has 0 heterocycles. The number of methoxy groups -OCH3 is 1. The van der Waals surface area contributed by atoms with Gasteiger partial charge in [0.05, 0.1) is 6.10 Å². The first-order chi connectivity index (χ1) is 8.19. The lowest BCUT2D eigenvalue weighted by Crippen LogP contribution is -2.33. The van der Waals surface area contributed by atoms with Crippen molar-refractivity contribution in [3.63, 3.8) is 0 Å². The highest BCUT2D eigenvalue weighted by Gasteiger charge is 2.14. The second kappa shape index (κ2) is 7.07. The summed E-state index contributed by atoms with van der Waals surface area (Å²) in [7, 11) is 1.66. The van der Waals surface area contributed by atoms with Crippen molar-refractivity contribution >= 4 is 5.91 Å². The molecule has 1 N–H and O–H groups in total. The topological polar surface area (TPSA) is 38.3 Å². The van der Waals surface area contributed by atoms with E-state index in [1.54, 1.807) is 7.11 Å². The van der Waals surface area contributed by atoms with Gasteiger partial charge >= 0.3 is 0 Å². The average molecular weight is 235 g/mol. The molecule has 0 aromatic heterocycles. The highest BCUT2D eigenvalue weighted by Crippen LogP contribution is 2.15. The predicted molar refractivity (Wildman–Crippen MR) is 68.7 cm³/mol. The van der Waals surface area contributed by atoms with E-state index in [1.807, 2.05) is 44.2 Å². The van der Waals surface area contributed by atoms with Gasteiger partial charge in [0.15, 0.2) is 0 Å². The second-order valence-corrected chi connectivity index (χ2v) is 4.19. The minimum Gasteiger partial charge on any atom is -0.375 e. The molecule has 0 saturated carbocycles. The van der Waals surface area contributed by atoms with Gasteiger partial charge in [0.25, 0.3) is 0 Å². The number of carbonyl (C=O) groups excluding carboxylic acids is 1. The zero-order valence-corrected chi connectivity index (χ0v) is 10.8. The number of carbonyl (C=O) groups is 1. The van der Waals surface area contributed by atoms with Gasteiger partial charge < -0.3 is 10.1 Å². The molecule has 2 unspecified atom stereocenters. The summed E-state index contributed by atoms with van der Waals surface area (Å²) in [6.07, 6.45) is 0.777. The van der Waals surface area contributed by atoms with Crippen LogP contribution in [-0.2, 0) is 9.53 Å². The summed E-state index contributed by atoms with van der Waals surface area (Å²) in [5.41, 5.74) is 1.08. The molecule has 0 fully saturated rings. The molecule has 0 saturated heterocycles. The third-order valence-electron chi connectivity index (χ3n) is 2.98. The van der Waals surface area contributed by atoms with Gasteiger partial charge in [-0.05, 0) is 12.0 Å². The fourth-order valence-corrected chi connectivity index (χ4v) is 1.56. The molecular weight excluding hydrogens is 214 g/mol. The first-order valence-electron chi connectivity index (χ1n) is 6.04. The molecule has 0 spiro atoms. The van der Waals surface area contributed by atoms with Crippen molar-refractivity contribution in [1.29, 1.82) is 0 Å². The molecule has 0 aliphatic rings. The first kappa shape index (κ1) is 13.7. The van der Waals surface area contributed by atoms with Crippen LogP contribution in [-0.4, -0.2) is 19.6 Å². The van der Waals surface area contributed by atoms with Gasteiger partial charge in [-0.3, -0.25) is 4.79 Å². The standard InChI is InChI=1S/C14H21NO2/c1-4-11(2)14(16)15-10-13(17-3)12-8-6-5-7-9-12/h5-9,11,13H,4,10H2,1-3H3,(H,15,16). The second-order valence-electron chi connectivity index (χ2n) is 4.19. The van der Waals surface area contributed by atoms with Gasteiger partial charge in [0.2, 0.25) is 5.91 Å². The minimum atomic E-state index is -0.0794. The first-order valence-corrected chi connectivity index (χ1v) is 6.04. The molecular formula is C14H21NO2. The molecule has 0 bridgehead atoms. The van der Waals surface area contributed by atoms with E-state index in [-0.39, 0.29) is 17.9 Å². The summed E-state index contributed by atoms with van der Waals surface area (Å²) in [6.45, 7) is 4.46. The van der Waals surface area contributed by atoms with E-state index >= 15 is 0 Å². The van der Waals surface area contributed by atoms with E-state index < -0.39 is 0 Å². The van der Waals surface area contributed by atoms with Crippen LogP contribution in [0.3, 0.4) is 0 Å². The van der Waals surface area contributed by atoms with Crippen LogP contribution in [0.15, 0.2) is 30.3 Å². The van der Waals surface area contributed by atoms with Gasteiger partial charge in [-0.2, -0.15) is 0 Å². The number of nitrogens with one attached hydrogen (secondary N) is 1. The molecule has 0 aliphatic heterocycles. The number of amides is 1. The molecule has 1 aromatic carbocycles. The highest BCUT2D eigenvalue weighted by atomic mass is 16.5. The third kappa shape index (κ3) is 4.19.